The summed E-state index contributed by atoms with van der Waals surface area (Å²) in [5.41, 5.74) is 2.42. The van der Waals surface area contributed by atoms with Crippen molar-refractivity contribution in [3.63, 3.8) is 0 Å². The van der Waals surface area contributed by atoms with E-state index >= 15 is 0 Å². The minimum absolute atomic E-state index is 0.0358. The molecule has 1 aliphatic rings. The summed E-state index contributed by atoms with van der Waals surface area (Å²) in [5, 5.41) is 12.8. The Hall–Kier alpha value is -2.77. The summed E-state index contributed by atoms with van der Waals surface area (Å²) in [6, 6.07) is 14.5. The number of anilines is 1. The molecule has 1 fully saturated rings. The van der Waals surface area contributed by atoms with Gasteiger partial charge in [0.1, 0.15) is 5.01 Å². The van der Waals surface area contributed by atoms with Gasteiger partial charge in [0.25, 0.3) is 11.8 Å². The zero-order chi connectivity index (χ0) is 21.1. The third kappa shape index (κ3) is 4.68. The van der Waals surface area contributed by atoms with E-state index in [-0.39, 0.29) is 17.7 Å². The second kappa shape index (κ2) is 8.93. The average Bonchev–Trinajstić information content (AvgIpc) is 3.25. The van der Waals surface area contributed by atoms with E-state index in [1.807, 2.05) is 36.1 Å². The number of nitrogens with zero attached hydrogens (tertiary/aromatic N) is 3. The van der Waals surface area contributed by atoms with Crippen LogP contribution >= 0.6 is 22.9 Å². The van der Waals surface area contributed by atoms with Gasteiger partial charge in [0.05, 0.1) is 0 Å². The molecule has 8 heteroatoms. The molecule has 0 spiro atoms. The van der Waals surface area contributed by atoms with Crippen molar-refractivity contribution in [1.29, 1.82) is 0 Å². The van der Waals surface area contributed by atoms with Gasteiger partial charge >= 0.3 is 0 Å². The lowest BCUT2D eigenvalue weighted by Crippen LogP contribution is -2.39. The van der Waals surface area contributed by atoms with Crippen LogP contribution in [-0.4, -0.2) is 40.0 Å². The van der Waals surface area contributed by atoms with Crippen LogP contribution < -0.4 is 5.32 Å². The Morgan fingerprint density at radius 1 is 1.17 bits per heavy atom. The van der Waals surface area contributed by atoms with Crippen LogP contribution in [0.2, 0.25) is 5.02 Å². The SMILES string of the molecule is Cc1cccc(C(=O)N2CCCC(c3nnc(C(=O)Nc4ccc(Cl)cc4)s3)C2)c1. The van der Waals surface area contributed by atoms with Gasteiger partial charge in [0.2, 0.25) is 5.01 Å². The van der Waals surface area contributed by atoms with Crippen LogP contribution in [0.15, 0.2) is 48.5 Å². The minimum atomic E-state index is -0.301. The minimum Gasteiger partial charge on any atom is -0.338 e. The van der Waals surface area contributed by atoms with Crippen molar-refractivity contribution in [1.82, 2.24) is 15.1 Å². The second-order valence-corrected chi connectivity index (χ2v) is 8.81. The van der Waals surface area contributed by atoms with E-state index in [0.717, 1.165) is 30.0 Å². The number of nitrogens with one attached hydrogen (secondary N) is 1. The number of rotatable bonds is 4. The number of aryl methyl sites for hydroxylation is 1. The first-order valence-electron chi connectivity index (χ1n) is 9.76. The quantitative estimate of drug-likeness (QED) is 0.633. The summed E-state index contributed by atoms with van der Waals surface area (Å²) in [5.74, 6) is -0.180. The smallest absolute Gasteiger partial charge is 0.286 e. The fourth-order valence-electron chi connectivity index (χ4n) is 3.53. The number of amides is 2. The summed E-state index contributed by atoms with van der Waals surface area (Å²) in [7, 11) is 0. The Balaban J connectivity index is 1.43. The molecular formula is C22H21ClN4O2S. The van der Waals surface area contributed by atoms with Crippen LogP contribution in [-0.2, 0) is 0 Å². The van der Waals surface area contributed by atoms with Crippen molar-refractivity contribution in [3.05, 3.63) is 74.7 Å². The van der Waals surface area contributed by atoms with Crippen molar-refractivity contribution in [2.24, 2.45) is 0 Å². The molecule has 2 amide bonds. The third-order valence-corrected chi connectivity index (χ3v) is 6.40. The molecule has 1 unspecified atom stereocenters. The van der Waals surface area contributed by atoms with E-state index in [1.54, 1.807) is 24.3 Å². The fourth-order valence-corrected chi connectivity index (χ4v) is 4.52. The zero-order valence-electron chi connectivity index (χ0n) is 16.5. The number of hydrogen-bond acceptors (Lipinski definition) is 5. The molecule has 2 heterocycles. The highest BCUT2D eigenvalue weighted by Gasteiger charge is 2.28. The molecule has 1 aromatic heterocycles. The van der Waals surface area contributed by atoms with E-state index in [4.69, 9.17) is 11.6 Å². The maximum Gasteiger partial charge on any atom is 0.286 e. The number of benzene rings is 2. The van der Waals surface area contributed by atoms with Gasteiger partial charge in [-0.15, -0.1) is 10.2 Å². The lowest BCUT2D eigenvalue weighted by atomic mass is 9.98. The van der Waals surface area contributed by atoms with Crippen molar-refractivity contribution >= 4 is 40.4 Å². The third-order valence-electron chi connectivity index (χ3n) is 5.06. The van der Waals surface area contributed by atoms with Crippen molar-refractivity contribution in [2.45, 2.75) is 25.7 Å². The number of aromatic nitrogens is 2. The maximum atomic E-state index is 12.9. The van der Waals surface area contributed by atoms with E-state index in [0.29, 0.717) is 27.8 Å². The highest BCUT2D eigenvalue weighted by molar-refractivity contribution is 7.13. The highest BCUT2D eigenvalue weighted by atomic mass is 35.5. The first-order valence-corrected chi connectivity index (χ1v) is 11.0. The summed E-state index contributed by atoms with van der Waals surface area (Å²) >= 11 is 7.16. The number of carbonyl (C=O) groups excluding carboxylic acids is 2. The first kappa shape index (κ1) is 20.5. The Labute approximate surface area is 183 Å². The molecule has 3 aromatic rings. The fraction of sp³-hybridized carbons (Fsp3) is 0.273. The molecule has 0 bridgehead atoms. The summed E-state index contributed by atoms with van der Waals surface area (Å²) < 4.78 is 0. The molecular weight excluding hydrogens is 420 g/mol. The van der Waals surface area contributed by atoms with E-state index in [2.05, 4.69) is 15.5 Å². The standard InChI is InChI=1S/C22H21ClN4O2S/c1-14-4-2-5-15(12-14)22(29)27-11-3-6-16(13-27)20-25-26-21(30-20)19(28)24-18-9-7-17(23)8-10-18/h2,4-5,7-10,12,16H,3,6,11,13H2,1H3,(H,24,28). The molecule has 0 saturated carbocycles. The van der Waals surface area contributed by atoms with E-state index in [9.17, 15) is 9.59 Å². The second-order valence-electron chi connectivity index (χ2n) is 7.37. The number of halogens is 1. The van der Waals surface area contributed by atoms with Gasteiger partial charge in [0, 0.05) is 35.3 Å². The van der Waals surface area contributed by atoms with Crippen LogP contribution in [0.25, 0.3) is 0 Å². The van der Waals surface area contributed by atoms with Crippen LogP contribution in [0.3, 0.4) is 0 Å². The zero-order valence-corrected chi connectivity index (χ0v) is 18.0. The average molecular weight is 441 g/mol. The molecule has 30 heavy (non-hydrogen) atoms. The Bertz CT molecular complexity index is 1070. The van der Waals surface area contributed by atoms with Crippen molar-refractivity contribution < 1.29 is 9.59 Å². The molecule has 0 aliphatic carbocycles. The normalized spacial score (nSPS) is 16.3. The van der Waals surface area contributed by atoms with Gasteiger partial charge in [-0.05, 0) is 56.2 Å². The molecule has 1 N–H and O–H groups in total. The molecule has 1 atom stereocenters. The number of likely N-dealkylation sites (tertiary alicyclic amines) is 1. The number of hydrogen-bond donors (Lipinski definition) is 1. The van der Waals surface area contributed by atoms with Gasteiger partial charge < -0.3 is 10.2 Å². The predicted molar refractivity (Wildman–Crippen MR) is 118 cm³/mol. The van der Waals surface area contributed by atoms with Gasteiger partial charge in [-0.25, -0.2) is 0 Å². The summed E-state index contributed by atoms with van der Waals surface area (Å²) in [4.78, 5) is 27.2. The lowest BCUT2D eigenvalue weighted by Gasteiger charge is -2.31. The molecule has 1 aliphatic heterocycles. The van der Waals surface area contributed by atoms with Gasteiger partial charge in [-0.1, -0.05) is 40.6 Å². The maximum absolute atomic E-state index is 12.9. The Kier molecular flexibility index (Phi) is 6.11. The monoisotopic (exact) mass is 440 g/mol. The predicted octanol–water partition coefficient (Wildman–Crippen LogP) is 4.77. The van der Waals surface area contributed by atoms with Crippen molar-refractivity contribution in [3.8, 4) is 0 Å². The molecule has 0 radical (unpaired) electrons. The molecule has 154 valence electrons. The van der Waals surface area contributed by atoms with E-state index in [1.165, 1.54) is 11.3 Å². The summed E-state index contributed by atoms with van der Waals surface area (Å²) in [6.07, 6.45) is 1.82. The highest BCUT2D eigenvalue weighted by Crippen LogP contribution is 2.30. The Morgan fingerprint density at radius 2 is 1.97 bits per heavy atom. The van der Waals surface area contributed by atoms with Crippen LogP contribution in [0.5, 0.6) is 0 Å². The Morgan fingerprint density at radius 3 is 2.73 bits per heavy atom. The summed E-state index contributed by atoms with van der Waals surface area (Å²) in [6.45, 7) is 3.29. The number of carbonyl (C=O) groups is 2. The van der Waals surface area contributed by atoms with Gasteiger partial charge in [-0.2, -0.15) is 0 Å². The largest absolute Gasteiger partial charge is 0.338 e. The number of piperidine rings is 1. The molecule has 4 rings (SSSR count). The van der Waals surface area contributed by atoms with E-state index < -0.39 is 0 Å². The van der Waals surface area contributed by atoms with Gasteiger partial charge in [-0.3, -0.25) is 9.59 Å². The molecule has 6 nitrogen and oxygen atoms in total. The van der Waals surface area contributed by atoms with Crippen LogP contribution in [0.4, 0.5) is 5.69 Å². The topological polar surface area (TPSA) is 75.2 Å². The molecule has 1 saturated heterocycles. The van der Waals surface area contributed by atoms with Crippen molar-refractivity contribution in [2.75, 3.05) is 18.4 Å². The van der Waals surface area contributed by atoms with Crippen LogP contribution in [0.1, 0.15) is 49.5 Å². The lowest BCUT2D eigenvalue weighted by molar-refractivity contribution is 0.0706. The van der Waals surface area contributed by atoms with Gasteiger partial charge in [0.15, 0.2) is 0 Å². The van der Waals surface area contributed by atoms with Crippen LogP contribution in [0, 0.1) is 6.92 Å². The molecule has 2 aromatic carbocycles. The first-order chi connectivity index (χ1) is 14.5.